The zero-order chi connectivity index (χ0) is 16.0. The highest BCUT2D eigenvalue weighted by Gasteiger charge is 2.42. The molecule has 0 saturated heterocycles. The van der Waals surface area contributed by atoms with Crippen LogP contribution in [-0.2, 0) is 15.1 Å². The van der Waals surface area contributed by atoms with Crippen molar-refractivity contribution in [3.05, 3.63) is 79.8 Å². The summed E-state index contributed by atoms with van der Waals surface area (Å²) in [5.41, 5.74) is -1.26. The maximum Gasteiger partial charge on any atom is 0.253 e. The second-order valence-electron chi connectivity index (χ2n) is 4.35. The molecule has 2 rings (SSSR count). The van der Waals surface area contributed by atoms with Crippen molar-refractivity contribution >= 4 is 18.0 Å². The molecule has 0 fully saturated rings. The van der Waals surface area contributed by atoms with E-state index in [0.717, 1.165) is 6.08 Å². The maximum absolute atomic E-state index is 12.4. The lowest BCUT2D eigenvalue weighted by Gasteiger charge is -2.35. The van der Waals surface area contributed by atoms with E-state index in [9.17, 15) is 9.59 Å². The lowest BCUT2D eigenvalue weighted by atomic mass is 9.93. The van der Waals surface area contributed by atoms with E-state index in [1.807, 2.05) is 6.29 Å². The van der Waals surface area contributed by atoms with Crippen molar-refractivity contribution in [3.63, 3.8) is 0 Å². The fraction of sp³-hybridized carbons (Fsp3) is 0.0588. The molecule has 0 bridgehead atoms. The number of aromatic nitrogens is 2. The van der Waals surface area contributed by atoms with Gasteiger partial charge in [0.2, 0.25) is 6.29 Å². The molecular weight excluding hydrogens is 278 g/mol. The molecule has 2 aromatic rings. The zero-order valence-corrected chi connectivity index (χ0v) is 11.8. The number of amides is 1. The van der Waals surface area contributed by atoms with E-state index in [1.54, 1.807) is 36.4 Å². The third kappa shape index (κ3) is 2.56. The van der Waals surface area contributed by atoms with Crippen molar-refractivity contribution in [2.75, 3.05) is 4.90 Å². The van der Waals surface area contributed by atoms with Gasteiger partial charge in [-0.3, -0.25) is 19.5 Å². The molecule has 1 atom stereocenters. The first kappa shape index (κ1) is 15.3. The Morgan fingerprint density at radius 1 is 1.14 bits per heavy atom. The molecule has 0 saturated carbocycles. The second-order valence-corrected chi connectivity index (χ2v) is 4.35. The highest BCUT2D eigenvalue weighted by atomic mass is 16.2. The number of carbonyl (C=O) groups is 1. The fourth-order valence-electron chi connectivity index (χ4n) is 2.08. The Morgan fingerprint density at radius 2 is 1.82 bits per heavy atom. The quantitative estimate of drug-likeness (QED) is 0.605. The summed E-state index contributed by atoms with van der Waals surface area (Å²) in [4.78, 5) is 33.6. The van der Waals surface area contributed by atoms with Gasteiger partial charge in [0.25, 0.3) is 5.91 Å². The van der Waals surface area contributed by atoms with Gasteiger partial charge in [0.1, 0.15) is 5.82 Å². The summed E-state index contributed by atoms with van der Waals surface area (Å²) >= 11 is 0. The molecule has 0 aliphatic carbocycles. The van der Waals surface area contributed by atoms with Crippen molar-refractivity contribution < 1.29 is 9.59 Å². The van der Waals surface area contributed by atoms with E-state index in [0.29, 0.717) is 5.69 Å². The Kier molecular flexibility index (Phi) is 4.58. The van der Waals surface area contributed by atoms with Gasteiger partial charge in [0.15, 0.2) is 5.54 Å². The van der Waals surface area contributed by atoms with Gasteiger partial charge < -0.3 is 0 Å². The minimum Gasteiger partial charge on any atom is -0.287 e. The Labute approximate surface area is 128 Å². The summed E-state index contributed by atoms with van der Waals surface area (Å²) in [6.45, 7) is 7.16. The van der Waals surface area contributed by atoms with E-state index in [1.165, 1.54) is 23.4 Å². The fourth-order valence-corrected chi connectivity index (χ4v) is 2.08. The van der Waals surface area contributed by atoms with Crippen LogP contribution in [-0.4, -0.2) is 22.2 Å². The summed E-state index contributed by atoms with van der Waals surface area (Å²) in [5.74, 6) is -0.228. The molecule has 5 nitrogen and oxygen atoms in total. The number of hydrogen-bond acceptors (Lipinski definition) is 4. The van der Waals surface area contributed by atoms with E-state index in [2.05, 4.69) is 23.1 Å². The van der Waals surface area contributed by atoms with Gasteiger partial charge in [-0.2, -0.15) is 0 Å². The van der Waals surface area contributed by atoms with E-state index < -0.39 is 11.4 Å². The van der Waals surface area contributed by atoms with Gasteiger partial charge >= 0.3 is 0 Å². The van der Waals surface area contributed by atoms with Crippen LogP contribution in [0.25, 0.3) is 0 Å². The first-order chi connectivity index (χ1) is 10.7. The molecule has 2 heterocycles. The third-order valence-corrected chi connectivity index (χ3v) is 3.13. The van der Waals surface area contributed by atoms with Gasteiger partial charge in [-0.15, -0.1) is 0 Å². The van der Waals surface area contributed by atoms with Crippen LogP contribution in [0.3, 0.4) is 0 Å². The molecule has 0 N–H and O–H groups in total. The van der Waals surface area contributed by atoms with Crippen LogP contribution in [0.1, 0.15) is 5.69 Å². The average molecular weight is 292 g/mol. The Hall–Kier alpha value is -3.08. The summed E-state index contributed by atoms with van der Waals surface area (Å²) < 4.78 is 0. The van der Waals surface area contributed by atoms with Crippen molar-refractivity contribution in [1.82, 2.24) is 9.97 Å². The van der Waals surface area contributed by atoms with Crippen LogP contribution in [0.15, 0.2) is 74.1 Å². The molecule has 1 amide bonds. The molecule has 1 radical (unpaired) electrons. The van der Waals surface area contributed by atoms with E-state index in [4.69, 9.17) is 0 Å². The average Bonchev–Trinajstić information content (AvgIpc) is 2.60. The summed E-state index contributed by atoms with van der Waals surface area (Å²) in [6, 6.07) is 10.1. The number of hydrogen-bond donors (Lipinski definition) is 0. The van der Waals surface area contributed by atoms with Gasteiger partial charge in [-0.1, -0.05) is 31.4 Å². The smallest absolute Gasteiger partial charge is 0.253 e. The second kappa shape index (κ2) is 6.58. The molecule has 1 unspecified atom stereocenters. The van der Waals surface area contributed by atoms with Crippen LogP contribution >= 0.6 is 0 Å². The molecule has 0 aliphatic heterocycles. The Morgan fingerprint density at radius 3 is 2.27 bits per heavy atom. The molecule has 0 spiro atoms. The maximum atomic E-state index is 12.4. The molecule has 22 heavy (non-hydrogen) atoms. The topological polar surface area (TPSA) is 63.2 Å². The van der Waals surface area contributed by atoms with E-state index >= 15 is 0 Å². The van der Waals surface area contributed by atoms with Crippen molar-refractivity contribution in [3.8, 4) is 0 Å². The molecular formula is C17H14N3O2. The monoisotopic (exact) mass is 292 g/mol. The number of rotatable bonds is 6. The Bertz CT molecular complexity index is 676. The molecule has 0 aromatic carbocycles. The predicted octanol–water partition coefficient (Wildman–Crippen LogP) is 2.19. The molecule has 109 valence electrons. The van der Waals surface area contributed by atoms with Gasteiger partial charge in [0, 0.05) is 12.4 Å². The summed E-state index contributed by atoms with van der Waals surface area (Å²) in [5, 5.41) is 0. The lowest BCUT2D eigenvalue weighted by Crippen LogP contribution is -2.50. The number of carbonyl (C=O) groups excluding carboxylic acids is 2. The summed E-state index contributed by atoms with van der Waals surface area (Å²) in [6.07, 6.45) is 7.36. The first-order valence-electron chi connectivity index (χ1n) is 6.51. The number of pyridine rings is 2. The standard InChI is InChI=1S/C17H14N3O2/c1-3-16(22)20(15-10-6-8-12-19-15)17(4-2,13-21)14-9-5-7-11-18-14/h3-12H,1-2H2. The SMILES string of the molecule is C=CC(=O)N(c1ccccn1)C([C]=O)(C=C)c1ccccn1. The van der Waals surface area contributed by atoms with Crippen molar-refractivity contribution in [2.24, 2.45) is 0 Å². The minimum atomic E-state index is -1.58. The normalized spacial score (nSPS) is 12.7. The zero-order valence-electron chi connectivity index (χ0n) is 11.8. The molecule has 0 aliphatic rings. The van der Waals surface area contributed by atoms with Gasteiger partial charge in [-0.05, 0) is 30.3 Å². The van der Waals surface area contributed by atoms with Gasteiger partial charge in [0.05, 0.1) is 5.69 Å². The van der Waals surface area contributed by atoms with Crippen LogP contribution in [0.4, 0.5) is 5.82 Å². The van der Waals surface area contributed by atoms with Crippen LogP contribution in [0.2, 0.25) is 0 Å². The number of anilines is 1. The molecule has 2 aromatic heterocycles. The van der Waals surface area contributed by atoms with Crippen LogP contribution in [0, 0.1) is 0 Å². The number of nitrogens with zero attached hydrogens (tertiary/aromatic N) is 3. The highest BCUT2D eigenvalue weighted by molar-refractivity contribution is 6.05. The van der Waals surface area contributed by atoms with Crippen molar-refractivity contribution in [1.29, 1.82) is 0 Å². The van der Waals surface area contributed by atoms with Crippen LogP contribution in [0.5, 0.6) is 0 Å². The third-order valence-electron chi connectivity index (χ3n) is 3.13. The molecule has 5 heteroatoms. The Balaban J connectivity index is 2.70. The predicted molar refractivity (Wildman–Crippen MR) is 83.7 cm³/mol. The van der Waals surface area contributed by atoms with Crippen molar-refractivity contribution in [2.45, 2.75) is 5.54 Å². The minimum absolute atomic E-state index is 0.279. The van der Waals surface area contributed by atoms with E-state index in [-0.39, 0.29) is 5.82 Å². The lowest BCUT2D eigenvalue weighted by molar-refractivity contribution is -0.114. The largest absolute Gasteiger partial charge is 0.287 e. The first-order valence-corrected chi connectivity index (χ1v) is 6.51. The summed E-state index contributed by atoms with van der Waals surface area (Å²) in [7, 11) is 0. The van der Waals surface area contributed by atoms with Crippen LogP contribution < -0.4 is 4.90 Å². The van der Waals surface area contributed by atoms with Gasteiger partial charge in [-0.25, -0.2) is 4.98 Å². The highest BCUT2D eigenvalue weighted by Crippen LogP contribution is 2.31.